The number of carbonyl (C=O) groups is 1. The largest absolute Gasteiger partial charge is 0.368 e. The van der Waals surface area contributed by atoms with E-state index in [-0.39, 0.29) is 17.6 Å². The maximum Gasteiger partial charge on any atom is 0.249 e. The normalized spacial score (nSPS) is 11.9. The second-order valence-electron chi connectivity index (χ2n) is 4.36. The third kappa shape index (κ3) is 3.55. The first kappa shape index (κ1) is 16.3. The Morgan fingerprint density at radius 3 is 3.00 bits per heavy atom. The van der Waals surface area contributed by atoms with E-state index in [9.17, 15) is 4.79 Å². The second kappa shape index (κ2) is 7.24. The molecule has 2 heterocycles. The van der Waals surface area contributed by atoms with Gasteiger partial charge in [0.25, 0.3) is 0 Å². The summed E-state index contributed by atoms with van der Waals surface area (Å²) < 4.78 is 1.55. The number of nitriles is 1. The summed E-state index contributed by atoms with van der Waals surface area (Å²) in [6.07, 6.45) is 0.512. The Morgan fingerprint density at radius 2 is 2.41 bits per heavy atom. The van der Waals surface area contributed by atoms with Crippen molar-refractivity contribution in [1.82, 2.24) is 19.7 Å². The molecule has 0 radical (unpaired) electrons. The molecule has 1 amide bonds. The van der Waals surface area contributed by atoms with E-state index in [0.717, 1.165) is 5.69 Å². The van der Waals surface area contributed by atoms with Gasteiger partial charge in [0.05, 0.1) is 17.5 Å². The minimum atomic E-state index is -0.555. The number of aromatic nitrogens is 4. The van der Waals surface area contributed by atoms with Crippen LogP contribution in [0.4, 0.5) is 11.1 Å². The fourth-order valence-corrected chi connectivity index (χ4v) is 3.21. The van der Waals surface area contributed by atoms with Crippen LogP contribution in [0, 0.1) is 18.3 Å². The lowest BCUT2D eigenvalue weighted by Crippen LogP contribution is -2.27. The molecule has 0 aromatic carbocycles. The molecule has 2 rings (SSSR count). The van der Waals surface area contributed by atoms with Crippen LogP contribution in [0.2, 0.25) is 0 Å². The van der Waals surface area contributed by atoms with Gasteiger partial charge in [0.15, 0.2) is 10.3 Å². The number of hydrogen-bond donors (Lipinski definition) is 2. The SMILES string of the molecule is CCC(C(=O)Nc1nc(C)cs1)n1c(N)nnc1SCC#N. The number of nitrogens with zero attached hydrogens (tertiary/aromatic N) is 5. The molecule has 22 heavy (non-hydrogen) atoms. The quantitative estimate of drug-likeness (QED) is 0.771. The van der Waals surface area contributed by atoms with Gasteiger partial charge in [-0.25, -0.2) is 4.98 Å². The Bertz CT molecular complexity index is 703. The Labute approximate surface area is 135 Å². The van der Waals surface area contributed by atoms with E-state index in [0.29, 0.717) is 16.7 Å². The van der Waals surface area contributed by atoms with Gasteiger partial charge >= 0.3 is 0 Å². The van der Waals surface area contributed by atoms with Crippen molar-refractivity contribution in [3.63, 3.8) is 0 Å². The van der Waals surface area contributed by atoms with E-state index in [2.05, 4.69) is 20.5 Å². The van der Waals surface area contributed by atoms with E-state index in [1.807, 2.05) is 25.3 Å². The molecule has 0 spiro atoms. The fraction of sp³-hybridized carbons (Fsp3) is 0.417. The predicted octanol–water partition coefficient (Wildman–Crippen LogP) is 1.83. The third-order valence-electron chi connectivity index (χ3n) is 2.81. The summed E-state index contributed by atoms with van der Waals surface area (Å²) in [6.45, 7) is 3.73. The molecule has 2 aromatic rings. The van der Waals surface area contributed by atoms with Crippen LogP contribution in [0.5, 0.6) is 0 Å². The predicted molar refractivity (Wildman–Crippen MR) is 85.6 cm³/mol. The van der Waals surface area contributed by atoms with Crippen molar-refractivity contribution in [2.24, 2.45) is 0 Å². The van der Waals surface area contributed by atoms with E-state index in [1.165, 1.54) is 23.1 Å². The highest BCUT2D eigenvalue weighted by Crippen LogP contribution is 2.26. The highest BCUT2D eigenvalue weighted by molar-refractivity contribution is 7.99. The zero-order valence-electron chi connectivity index (χ0n) is 12.1. The number of nitrogens with two attached hydrogens (primary N) is 1. The Balaban J connectivity index is 2.22. The summed E-state index contributed by atoms with van der Waals surface area (Å²) in [6, 6.07) is 1.46. The number of nitrogens with one attached hydrogen (secondary N) is 1. The molecule has 1 unspecified atom stereocenters. The maximum atomic E-state index is 12.5. The van der Waals surface area contributed by atoms with Crippen molar-refractivity contribution in [2.75, 3.05) is 16.8 Å². The molecule has 116 valence electrons. The number of anilines is 2. The minimum absolute atomic E-state index is 0.151. The topological polar surface area (TPSA) is 123 Å². The summed E-state index contributed by atoms with van der Waals surface area (Å²) in [4.78, 5) is 16.7. The molecule has 0 aliphatic heterocycles. The zero-order chi connectivity index (χ0) is 16.1. The van der Waals surface area contributed by atoms with E-state index in [1.54, 1.807) is 4.57 Å². The smallest absolute Gasteiger partial charge is 0.249 e. The number of aryl methyl sites for hydroxylation is 1. The highest BCUT2D eigenvalue weighted by Gasteiger charge is 2.25. The van der Waals surface area contributed by atoms with Crippen LogP contribution in [0.1, 0.15) is 25.1 Å². The number of carbonyl (C=O) groups excluding carboxylic acids is 1. The summed E-state index contributed by atoms with van der Waals surface area (Å²) in [5.74, 6) is 0.127. The van der Waals surface area contributed by atoms with Gasteiger partial charge in [0.1, 0.15) is 6.04 Å². The van der Waals surface area contributed by atoms with Gasteiger partial charge in [-0.3, -0.25) is 9.36 Å². The number of hydrogen-bond acceptors (Lipinski definition) is 8. The van der Waals surface area contributed by atoms with Gasteiger partial charge < -0.3 is 11.1 Å². The number of thiazole rings is 1. The first-order chi connectivity index (χ1) is 10.6. The van der Waals surface area contributed by atoms with Crippen LogP contribution < -0.4 is 11.1 Å². The van der Waals surface area contributed by atoms with Crippen molar-refractivity contribution >= 4 is 40.1 Å². The average Bonchev–Trinajstić information content (AvgIpc) is 3.05. The molecule has 0 saturated carbocycles. The molecular weight excluding hydrogens is 322 g/mol. The molecule has 10 heteroatoms. The Morgan fingerprint density at radius 1 is 1.64 bits per heavy atom. The van der Waals surface area contributed by atoms with Crippen molar-refractivity contribution in [1.29, 1.82) is 5.26 Å². The minimum Gasteiger partial charge on any atom is -0.368 e. The molecule has 2 aromatic heterocycles. The van der Waals surface area contributed by atoms with E-state index >= 15 is 0 Å². The van der Waals surface area contributed by atoms with Crippen LogP contribution in [-0.4, -0.2) is 31.4 Å². The average molecular weight is 337 g/mol. The molecule has 8 nitrogen and oxygen atoms in total. The van der Waals surface area contributed by atoms with Crippen molar-refractivity contribution in [3.8, 4) is 6.07 Å². The third-order valence-corrected chi connectivity index (χ3v) is 4.49. The molecule has 0 aliphatic carbocycles. The van der Waals surface area contributed by atoms with Crippen molar-refractivity contribution in [2.45, 2.75) is 31.5 Å². The van der Waals surface area contributed by atoms with Crippen molar-refractivity contribution < 1.29 is 4.79 Å². The molecule has 3 N–H and O–H groups in total. The lowest BCUT2D eigenvalue weighted by Gasteiger charge is -2.17. The lowest BCUT2D eigenvalue weighted by molar-refractivity contribution is -0.119. The summed E-state index contributed by atoms with van der Waals surface area (Å²) in [5, 5.41) is 22.0. The van der Waals surface area contributed by atoms with Gasteiger partial charge in [0.2, 0.25) is 11.9 Å². The first-order valence-electron chi connectivity index (χ1n) is 6.50. The van der Waals surface area contributed by atoms with Gasteiger partial charge in [-0.2, -0.15) is 5.26 Å². The van der Waals surface area contributed by atoms with Gasteiger partial charge in [0, 0.05) is 5.38 Å². The fourth-order valence-electron chi connectivity index (χ4n) is 1.86. The van der Waals surface area contributed by atoms with E-state index < -0.39 is 6.04 Å². The summed E-state index contributed by atoms with van der Waals surface area (Å²) in [7, 11) is 0. The van der Waals surface area contributed by atoms with Crippen LogP contribution in [0.15, 0.2) is 10.5 Å². The number of rotatable bonds is 6. The molecule has 0 aliphatic rings. The van der Waals surface area contributed by atoms with E-state index in [4.69, 9.17) is 11.0 Å². The molecule has 0 bridgehead atoms. The highest BCUT2D eigenvalue weighted by atomic mass is 32.2. The van der Waals surface area contributed by atoms with Gasteiger partial charge in [-0.05, 0) is 13.3 Å². The molecule has 1 atom stereocenters. The number of thioether (sulfide) groups is 1. The van der Waals surface area contributed by atoms with Gasteiger partial charge in [-0.15, -0.1) is 21.5 Å². The second-order valence-corrected chi connectivity index (χ2v) is 6.17. The number of amides is 1. The van der Waals surface area contributed by atoms with Gasteiger partial charge in [-0.1, -0.05) is 18.7 Å². The molecule has 0 saturated heterocycles. The zero-order valence-corrected chi connectivity index (χ0v) is 13.7. The van der Waals surface area contributed by atoms with Crippen LogP contribution in [0.3, 0.4) is 0 Å². The van der Waals surface area contributed by atoms with Crippen LogP contribution >= 0.6 is 23.1 Å². The Hall–Kier alpha value is -2.12. The molecule has 0 fully saturated rings. The maximum absolute atomic E-state index is 12.5. The van der Waals surface area contributed by atoms with Crippen molar-refractivity contribution in [3.05, 3.63) is 11.1 Å². The van der Waals surface area contributed by atoms with Crippen LogP contribution in [0.25, 0.3) is 0 Å². The summed E-state index contributed by atoms with van der Waals surface area (Å²) in [5.41, 5.74) is 6.67. The number of nitrogen functional groups attached to an aromatic ring is 1. The monoisotopic (exact) mass is 337 g/mol. The standard InChI is InChI=1S/C12H15N7OS2/c1-3-8(9(20)16-11-15-7(2)6-22-11)19-10(14)17-18-12(19)21-5-4-13/h6,8H,3,5H2,1-2H3,(H2,14,17)(H,15,16,20). The van der Waals surface area contributed by atoms with Crippen LogP contribution in [-0.2, 0) is 4.79 Å². The first-order valence-corrected chi connectivity index (χ1v) is 8.36. The lowest BCUT2D eigenvalue weighted by atomic mass is 10.2. The Kier molecular flexibility index (Phi) is 5.35. The molecular formula is C12H15N7OS2. The summed E-state index contributed by atoms with van der Waals surface area (Å²) >= 11 is 2.56.